The molecule has 15 heavy (non-hydrogen) atoms. The smallest absolute Gasteiger partial charge is 0.214 e. The van der Waals surface area contributed by atoms with Gasteiger partial charge in [-0.05, 0) is 19.3 Å². The fraction of sp³-hybridized carbons (Fsp3) is 1.00. The number of nitrogens with zero attached hydrogens (tertiary/aromatic N) is 1. The minimum atomic E-state index is -3.13. The predicted molar refractivity (Wildman–Crippen MR) is 60.1 cm³/mol. The highest BCUT2D eigenvalue weighted by Gasteiger charge is 2.32. The van der Waals surface area contributed by atoms with Crippen molar-refractivity contribution < 1.29 is 13.5 Å². The van der Waals surface area contributed by atoms with Crippen molar-refractivity contribution in [3.63, 3.8) is 0 Å². The molecule has 1 aliphatic rings. The first-order valence-electron chi connectivity index (χ1n) is 5.72. The Morgan fingerprint density at radius 1 is 1.40 bits per heavy atom. The lowest BCUT2D eigenvalue weighted by Crippen LogP contribution is -2.46. The molecule has 0 aromatic rings. The molecule has 0 amide bonds. The van der Waals surface area contributed by atoms with Crippen LogP contribution in [0.5, 0.6) is 0 Å². The Morgan fingerprint density at radius 3 is 2.47 bits per heavy atom. The van der Waals surface area contributed by atoms with Crippen LogP contribution in [0.4, 0.5) is 0 Å². The van der Waals surface area contributed by atoms with E-state index in [1.807, 2.05) is 6.92 Å². The van der Waals surface area contributed by atoms with Crippen LogP contribution in [-0.4, -0.2) is 42.8 Å². The monoisotopic (exact) mass is 235 g/mol. The lowest BCUT2D eigenvalue weighted by Gasteiger charge is -2.36. The minimum absolute atomic E-state index is 0.0815. The molecule has 1 N–H and O–H groups in total. The lowest BCUT2D eigenvalue weighted by atomic mass is 9.93. The molecule has 1 rings (SSSR count). The van der Waals surface area contributed by atoms with Crippen LogP contribution in [0.3, 0.4) is 0 Å². The van der Waals surface area contributed by atoms with E-state index in [1.165, 1.54) is 4.31 Å². The van der Waals surface area contributed by atoms with E-state index in [4.69, 9.17) is 5.11 Å². The molecular formula is C10H21NO3S. The van der Waals surface area contributed by atoms with E-state index in [2.05, 4.69) is 0 Å². The van der Waals surface area contributed by atoms with Gasteiger partial charge in [-0.3, -0.25) is 0 Å². The quantitative estimate of drug-likeness (QED) is 0.715. The van der Waals surface area contributed by atoms with Gasteiger partial charge in [-0.25, -0.2) is 8.42 Å². The van der Waals surface area contributed by atoms with Crippen LogP contribution >= 0.6 is 0 Å². The Hall–Kier alpha value is -0.130. The lowest BCUT2D eigenvalue weighted by molar-refractivity contribution is 0.178. The predicted octanol–water partition coefficient (Wildman–Crippen LogP) is 0.963. The molecule has 1 fully saturated rings. The molecule has 0 aromatic carbocycles. The minimum Gasteiger partial charge on any atom is -0.395 e. The first-order valence-corrected chi connectivity index (χ1v) is 7.33. The maximum atomic E-state index is 11.9. The van der Waals surface area contributed by atoms with Gasteiger partial charge in [0.15, 0.2) is 0 Å². The van der Waals surface area contributed by atoms with Crippen molar-refractivity contribution in [1.82, 2.24) is 4.31 Å². The van der Waals surface area contributed by atoms with Crippen LogP contribution in [0, 0.1) is 0 Å². The standard InChI is InChI=1S/C10H21NO3S/c1-2-3-9-15(13,14)11(7-8-12)10-5-4-6-10/h10,12H,2-9H2,1H3. The van der Waals surface area contributed by atoms with Crippen molar-refractivity contribution in [1.29, 1.82) is 0 Å². The summed E-state index contributed by atoms with van der Waals surface area (Å²) in [5, 5.41) is 8.89. The molecular weight excluding hydrogens is 214 g/mol. The molecule has 1 aliphatic carbocycles. The van der Waals surface area contributed by atoms with Gasteiger partial charge < -0.3 is 5.11 Å². The maximum Gasteiger partial charge on any atom is 0.214 e. The third-order valence-corrected chi connectivity index (χ3v) is 4.92. The zero-order chi connectivity index (χ0) is 11.3. The fourth-order valence-corrected chi connectivity index (χ4v) is 3.68. The summed E-state index contributed by atoms with van der Waals surface area (Å²) < 4.78 is 25.4. The van der Waals surface area contributed by atoms with Crippen molar-refractivity contribution in [2.75, 3.05) is 18.9 Å². The van der Waals surface area contributed by atoms with Crippen LogP contribution < -0.4 is 0 Å². The van der Waals surface area contributed by atoms with Crippen LogP contribution in [0.25, 0.3) is 0 Å². The second-order valence-electron chi connectivity index (χ2n) is 4.09. The molecule has 0 saturated heterocycles. The third-order valence-electron chi connectivity index (χ3n) is 2.92. The van der Waals surface area contributed by atoms with Gasteiger partial charge in [0.25, 0.3) is 0 Å². The van der Waals surface area contributed by atoms with E-state index in [0.717, 1.165) is 25.7 Å². The summed E-state index contributed by atoms with van der Waals surface area (Å²) >= 11 is 0. The van der Waals surface area contributed by atoms with Gasteiger partial charge in [-0.2, -0.15) is 4.31 Å². The highest BCUT2D eigenvalue weighted by Crippen LogP contribution is 2.27. The molecule has 4 nitrogen and oxygen atoms in total. The SMILES string of the molecule is CCCCS(=O)(=O)N(CCO)C1CCC1. The second-order valence-corrected chi connectivity index (χ2v) is 6.13. The summed E-state index contributed by atoms with van der Waals surface area (Å²) in [5.41, 5.74) is 0. The van der Waals surface area contributed by atoms with Gasteiger partial charge in [-0.15, -0.1) is 0 Å². The Balaban J connectivity index is 2.60. The molecule has 1 saturated carbocycles. The van der Waals surface area contributed by atoms with Crippen molar-refractivity contribution in [3.05, 3.63) is 0 Å². The Bertz CT molecular complexity index is 272. The van der Waals surface area contributed by atoms with E-state index in [0.29, 0.717) is 6.42 Å². The fourth-order valence-electron chi connectivity index (χ4n) is 1.77. The van der Waals surface area contributed by atoms with Crippen LogP contribution in [0.1, 0.15) is 39.0 Å². The van der Waals surface area contributed by atoms with Gasteiger partial charge in [-0.1, -0.05) is 19.8 Å². The van der Waals surface area contributed by atoms with Crippen molar-refractivity contribution >= 4 is 10.0 Å². The first kappa shape index (κ1) is 12.9. The molecule has 0 bridgehead atoms. The van der Waals surface area contributed by atoms with Crippen LogP contribution in [0.2, 0.25) is 0 Å². The Labute approximate surface area is 92.3 Å². The summed E-state index contributed by atoms with van der Waals surface area (Å²) in [6, 6.07) is 0.152. The van der Waals surface area contributed by atoms with E-state index >= 15 is 0 Å². The van der Waals surface area contributed by atoms with Gasteiger partial charge in [0.2, 0.25) is 10.0 Å². The van der Waals surface area contributed by atoms with Crippen molar-refractivity contribution in [2.45, 2.75) is 45.1 Å². The summed E-state index contributed by atoms with van der Waals surface area (Å²) in [4.78, 5) is 0. The zero-order valence-corrected chi connectivity index (χ0v) is 10.2. The summed E-state index contributed by atoms with van der Waals surface area (Å²) in [6.45, 7) is 2.16. The molecule has 5 heteroatoms. The number of aliphatic hydroxyl groups is 1. The molecule has 0 spiro atoms. The maximum absolute atomic E-state index is 11.9. The zero-order valence-electron chi connectivity index (χ0n) is 9.35. The van der Waals surface area contributed by atoms with Gasteiger partial charge in [0.1, 0.15) is 0 Å². The number of hydrogen-bond acceptors (Lipinski definition) is 3. The Kier molecular flexibility index (Phi) is 5.02. The third kappa shape index (κ3) is 3.43. The topological polar surface area (TPSA) is 57.6 Å². The first-order chi connectivity index (χ1) is 7.11. The van der Waals surface area contributed by atoms with Gasteiger partial charge >= 0.3 is 0 Å². The number of unbranched alkanes of at least 4 members (excludes halogenated alkanes) is 1. The molecule has 0 heterocycles. The summed E-state index contributed by atoms with van der Waals surface area (Å²) in [5.74, 6) is 0.222. The summed E-state index contributed by atoms with van der Waals surface area (Å²) in [7, 11) is -3.13. The van der Waals surface area contributed by atoms with Crippen molar-refractivity contribution in [3.8, 4) is 0 Å². The Morgan fingerprint density at radius 2 is 2.07 bits per heavy atom. The van der Waals surface area contributed by atoms with Gasteiger partial charge in [0, 0.05) is 12.6 Å². The largest absolute Gasteiger partial charge is 0.395 e. The number of hydrogen-bond donors (Lipinski definition) is 1. The van der Waals surface area contributed by atoms with Gasteiger partial charge in [0.05, 0.1) is 12.4 Å². The highest BCUT2D eigenvalue weighted by molar-refractivity contribution is 7.89. The van der Waals surface area contributed by atoms with Crippen molar-refractivity contribution in [2.24, 2.45) is 0 Å². The second kappa shape index (κ2) is 5.82. The van der Waals surface area contributed by atoms with E-state index in [1.54, 1.807) is 0 Å². The molecule has 0 unspecified atom stereocenters. The summed E-state index contributed by atoms with van der Waals surface area (Å²) in [6.07, 6.45) is 4.60. The molecule has 0 radical (unpaired) electrons. The number of aliphatic hydroxyl groups excluding tert-OH is 1. The molecule has 0 aliphatic heterocycles. The average Bonchev–Trinajstić information content (AvgIpc) is 2.11. The van der Waals surface area contributed by atoms with Crippen LogP contribution in [-0.2, 0) is 10.0 Å². The highest BCUT2D eigenvalue weighted by atomic mass is 32.2. The molecule has 0 aromatic heterocycles. The number of rotatable bonds is 7. The molecule has 0 atom stereocenters. The molecule has 90 valence electrons. The average molecular weight is 235 g/mol. The van der Waals surface area contributed by atoms with E-state index in [9.17, 15) is 8.42 Å². The van der Waals surface area contributed by atoms with E-state index in [-0.39, 0.29) is 24.9 Å². The number of sulfonamides is 1. The van der Waals surface area contributed by atoms with E-state index < -0.39 is 10.0 Å². The van der Waals surface area contributed by atoms with Crippen LogP contribution in [0.15, 0.2) is 0 Å². The normalized spacial score (nSPS) is 18.1.